The second-order valence-electron chi connectivity index (χ2n) is 3.19. The Morgan fingerprint density at radius 1 is 1.50 bits per heavy atom. The smallest absolute Gasteiger partial charge is 0.276 e. The van der Waals surface area contributed by atoms with Crippen LogP contribution >= 0.6 is 11.6 Å². The van der Waals surface area contributed by atoms with Gasteiger partial charge in [-0.25, -0.2) is 0 Å². The summed E-state index contributed by atoms with van der Waals surface area (Å²) < 4.78 is 5.26. The Hall–Kier alpha value is -1.17. The highest BCUT2D eigenvalue weighted by atomic mass is 35.5. The number of nitro benzene ring substituents is 1. The molecule has 0 heterocycles. The van der Waals surface area contributed by atoms with Crippen molar-refractivity contribution >= 4 is 17.3 Å². The van der Waals surface area contributed by atoms with Crippen molar-refractivity contribution in [2.24, 2.45) is 5.73 Å². The predicted octanol–water partition coefficient (Wildman–Crippen LogP) is 2.11. The van der Waals surface area contributed by atoms with E-state index in [-0.39, 0.29) is 12.3 Å². The third kappa shape index (κ3) is 3.44. The Morgan fingerprint density at radius 3 is 2.88 bits per heavy atom. The largest absolute Gasteiger partial charge is 0.376 e. The molecule has 2 N–H and O–H groups in total. The molecule has 6 heteroatoms. The van der Waals surface area contributed by atoms with Crippen LogP contribution in [0.5, 0.6) is 0 Å². The second-order valence-corrected chi connectivity index (χ2v) is 3.60. The summed E-state index contributed by atoms with van der Waals surface area (Å²) in [5.41, 5.74) is 5.70. The molecular formula is C10H13ClN2O3. The van der Waals surface area contributed by atoms with E-state index in [1.165, 1.54) is 6.07 Å². The number of rotatable bonds is 6. The van der Waals surface area contributed by atoms with E-state index in [0.29, 0.717) is 23.7 Å². The van der Waals surface area contributed by atoms with Crippen LogP contribution in [0.3, 0.4) is 0 Å². The zero-order valence-corrected chi connectivity index (χ0v) is 9.44. The molecule has 0 saturated heterocycles. The van der Waals surface area contributed by atoms with Crippen molar-refractivity contribution in [1.29, 1.82) is 0 Å². The fourth-order valence-corrected chi connectivity index (χ4v) is 1.44. The second kappa shape index (κ2) is 6.42. The van der Waals surface area contributed by atoms with Gasteiger partial charge in [0.05, 0.1) is 22.1 Å². The number of nitro groups is 1. The maximum Gasteiger partial charge on any atom is 0.276 e. The van der Waals surface area contributed by atoms with E-state index >= 15 is 0 Å². The summed E-state index contributed by atoms with van der Waals surface area (Å²) in [4.78, 5) is 10.3. The number of hydrogen-bond donors (Lipinski definition) is 1. The van der Waals surface area contributed by atoms with Crippen LogP contribution in [0, 0.1) is 10.1 Å². The Morgan fingerprint density at radius 2 is 2.25 bits per heavy atom. The van der Waals surface area contributed by atoms with Gasteiger partial charge in [-0.05, 0) is 19.0 Å². The molecule has 0 saturated carbocycles. The SMILES string of the molecule is NCCCOCc1c(Cl)cccc1[N+](=O)[O-]. The lowest BCUT2D eigenvalue weighted by molar-refractivity contribution is -0.385. The van der Waals surface area contributed by atoms with Crippen LogP contribution in [-0.2, 0) is 11.3 Å². The normalized spacial score (nSPS) is 10.4. The van der Waals surface area contributed by atoms with Gasteiger partial charge in [-0.1, -0.05) is 17.7 Å². The van der Waals surface area contributed by atoms with Crippen LogP contribution in [0.1, 0.15) is 12.0 Å². The maximum atomic E-state index is 10.7. The molecular weight excluding hydrogens is 232 g/mol. The summed E-state index contributed by atoms with van der Waals surface area (Å²) in [5.74, 6) is 0. The van der Waals surface area contributed by atoms with Crippen molar-refractivity contribution in [3.8, 4) is 0 Å². The van der Waals surface area contributed by atoms with E-state index in [9.17, 15) is 10.1 Å². The first kappa shape index (κ1) is 12.9. The lowest BCUT2D eigenvalue weighted by atomic mass is 10.2. The molecule has 0 unspecified atom stereocenters. The van der Waals surface area contributed by atoms with Gasteiger partial charge >= 0.3 is 0 Å². The van der Waals surface area contributed by atoms with Gasteiger partial charge in [0.15, 0.2) is 0 Å². The quantitative estimate of drug-likeness (QED) is 0.472. The number of benzene rings is 1. The van der Waals surface area contributed by atoms with Gasteiger partial charge in [0.25, 0.3) is 5.69 Å². The summed E-state index contributed by atoms with van der Waals surface area (Å²) >= 11 is 5.88. The van der Waals surface area contributed by atoms with Crippen molar-refractivity contribution in [1.82, 2.24) is 0 Å². The predicted molar refractivity (Wildman–Crippen MR) is 61.4 cm³/mol. The monoisotopic (exact) mass is 244 g/mol. The lowest BCUT2D eigenvalue weighted by Crippen LogP contribution is -2.05. The molecule has 0 aliphatic heterocycles. The molecule has 0 amide bonds. The van der Waals surface area contributed by atoms with E-state index in [1.807, 2.05) is 0 Å². The number of nitrogens with two attached hydrogens (primary N) is 1. The summed E-state index contributed by atoms with van der Waals surface area (Å²) in [6.07, 6.45) is 0.720. The highest BCUT2D eigenvalue weighted by Gasteiger charge is 2.16. The Bertz CT molecular complexity index is 371. The minimum atomic E-state index is -0.465. The van der Waals surface area contributed by atoms with Crippen LogP contribution in [0.2, 0.25) is 5.02 Å². The van der Waals surface area contributed by atoms with Crippen LogP contribution in [0.25, 0.3) is 0 Å². The van der Waals surface area contributed by atoms with E-state index in [0.717, 1.165) is 6.42 Å². The number of halogens is 1. The Balaban J connectivity index is 2.73. The van der Waals surface area contributed by atoms with Crippen molar-refractivity contribution in [2.75, 3.05) is 13.2 Å². The summed E-state index contributed by atoms with van der Waals surface area (Å²) in [5, 5.41) is 11.1. The van der Waals surface area contributed by atoms with E-state index < -0.39 is 4.92 Å². The average Bonchev–Trinajstić information content (AvgIpc) is 2.25. The maximum absolute atomic E-state index is 10.7. The molecule has 5 nitrogen and oxygen atoms in total. The third-order valence-corrected chi connectivity index (χ3v) is 2.38. The van der Waals surface area contributed by atoms with Gasteiger partial charge in [-0.15, -0.1) is 0 Å². The first-order chi connectivity index (χ1) is 7.66. The Kier molecular flexibility index (Phi) is 5.18. The molecule has 88 valence electrons. The first-order valence-electron chi connectivity index (χ1n) is 4.86. The van der Waals surface area contributed by atoms with Gasteiger partial charge in [0, 0.05) is 12.7 Å². The van der Waals surface area contributed by atoms with Crippen LogP contribution in [0.4, 0.5) is 5.69 Å². The highest BCUT2D eigenvalue weighted by Crippen LogP contribution is 2.26. The topological polar surface area (TPSA) is 78.4 Å². The molecule has 0 fully saturated rings. The minimum absolute atomic E-state index is 0.0137. The summed E-state index contributed by atoms with van der Waals surface area (Å²) in [7, 11) is 0. The fraction of sp³-hybridized carbons (Fsp3) is 0.400. The molecule has 16 heavy (non-hydrogen) atoms. The van der Waals surface area contributed by atoms with Gasteiger partial charge in [-0.3, -0.25) is 10.1 Å². The molecule has 0 aliphatic carbocycles. The van der Waals surface area contributed by atoms with Gasteiger partial charge in [0.2, 0.25) is 0 Å². The Labute approximate surface area is 98.3 Å². The zero-order valence-electron chi connectivity index (χ0n) is 8.69. The lowest BCUT2D eigenvalue weighted by Gasteiger charge is -2.06. The molecule has 1 rings (SSSR count). The van der Waals surface area contributed by atoms with Crippen LogP contribution < -0.4 is 5.73 Å². The molecule has 0 aliphatic rings. The van der Waals surface area contributed by atoms with Crippen molar-refractivity contribution in [3.05, 3.63) is 38.9 Å². The molecule has 1 aromatic carbocycles. The fourth-order valence-electron chi connectivity index (χ4n) is 1.22. The molecule has 1 aromatic rings. The minimum Gasteiger partial charge on any atom is -0.376 e. The first-order valence-corrected chi connectivity index (χ1v) is 5.24. The van der Waals surface area contributed by atoms with E-state index in [2.05, 4.69) is 0 Å². The molecule has 0 atom stereocenters. The molecule has 0 aromatic heterocycles. The van der Waals surface area contributed by atoms with Crippen molar-refractivity contribution in [2.45, 2.75) is 13.0 Å². The number of nitrogens with zero attached hydrogens (tertiary/aromatic N) is 1. The number of ether oxygens (including phenoxy) is 1. The van der Waals surface area contributed by atoms with Gasteiger partial charge < -0.3 is 10.5 Å². The van der Waals surface area contributed by atoms with Gasteiger partial charge in [-0.2, -0.15) is 0 Å². The van der Waals surface area contributed by atoms with Gasteiger partial charge in [0.1, 0.15) is 0 Å². The standard InChI is InChI=1S/C10H13ClN2O3/c11-9-3-1-4-10(13(14)15)8(9)7-16-6-2-5-12/h1,3-4H,2,5-7,12H2. The van der Waals surface area contributed by atoms with Crippen molar-refractivity contribution < 1.29 is 9.66 Å². The van der Waals surface area contributed by atoms with Crippen LogP contribution in [0.15, 0.2) is 18.2 Å². The van der Waals surface area contributed by atoms with Crippen LogP contribution in [-0.4, -0.2) is 18.1 Å². The zero-order chi connectivity index (χ0) is 12.0. The highest BCUT2D eigenvalue weighted by molar-refractivity contribution is 6.31. The average molecular weight is 245 g/mol. The summed E-state index contributed by atoms with van der Waals surface area (Å²) in [6.45, 7) is 1.14. The number of hydrogen-bond acceptors (Lipinski definition) is 4. The van der Waals surface area contributed by atoms with E-state index in [4.69, 9.17) is 22.1 Å². The third-order valence-electron chi connectivity index (χ3n) is 2.03. The molecule has 0 radical (unpaired) electrons. The van der Waals surface area contributed by atoms with Crippen molar-refractivity contribution in [3.63, 3.8) is 0 Å². The molecule has 0 spiro atoms. The summed E-state index contributed by atoms with van der Waals surface area (Å²) in [6, 6.07) is 4.56. The molecule has 0 bridgehead atoms. The van der Waals surface area contributed by atoms with E-state index in [1.54, 1.807) is 12.1 Å².